The van der Waals surface area contributed by atoms with Crippen molar-refractivity contribution in [3.8, 4) is 5.75 Å². The number of carboxylic acid groups (broad SMARTS) is 1. The SMILES string of the molecule is Cc1cccc(N(C)S(=O)(=O)C2CC3OC2C(c2ccc(NC(=O)CCCCCCC(=O)O)cc2)=C3c2ccc(O)cc2)c1. The number of anilines is 2. The van der Waals surface area contributed by atoms with E-state index in [1.165, 1.54) is 4.31 Å². The molecule has 2 bridgehead atoms. The first-order valence-electron chi connectivity index (χ1n) is 14.9. The Morgan fingerprint density at radius 1 is 0.909 bits per heavy atom. The van der Waals surface area contributed by atoms with Crippen LogP contribution in [0.5, 0.6) is 5.75 Å². The minimum Gasteiger partial charge on any atom is -0.508 e. The van der Waals surface area contributed by atoms with E-state index >= 15 is 0 Å². The highest BCUT2D eigenvalue weighted by molar-refractivity contribution is 7.93. The number of hydrogen-bond acceptors (Lipinski definition) is 6. The van der Waals surface area contributed by atoms with Gasteiger partial charge < -0.3 is 20.3 Å². The molecule has 0 aliphatic carbocycles. The van der Waals surface area contributed by atoms with Crippen LogP contribution in [0.4, 0.5) is 11.4 Å². The second kappa shape index (κ2) is 13.2. The fourth-order valence-corrected chi connectivity index (χ4v) is 7.79. The smallest absolute Gasteiger partial charge is 0.303 e. The molecule has 3 unspecified atom stereocenters. The third kappa shape index (κ3) is 6.81. The Morgan fingerprint density at radius 2 is 1.55 bits per heavy atom. The number of carbonyl (C=O) groups is 2. The summed E-state index contributed by atoms with van der Waals surface area (Å²) in [5.74, 6) is -0.782. The molecule has 10 heteroatoms. The maximum atomic E-state index is 14.0. The molecule has 0 saturated carbocycles. The van der Waals surface area contributed by atoms with Crippen LogP contribution < -0.4 is 9.62 Å². The number of carbonyl (C=O) groups excluding carboxylic acids is 1. The summed E-state index contributed by atoms with van der Waals surface area (Å²) < 4.78 is 35.7. The topological polar surface area (TPSA) is 133 Å². The Bertz CT molecular complexity index is 1650. The van der Waals surface area contributed by atoms with Gasteiger partial charge in [0, 0.05) is 25.6 Å². The Labute approximate surface area is 258 Å². The molecule has 0 aromatic heterocycles. The largest absolute Gasteiger partial charge is 0.508 e. The van der Waals surface area contributed by atoms with Crippen molar-refractivity contribution in [3.05, 3.63) is 89.5 Å². The number of hydrogen-bond donors (Lipinski definition) is 3. The van der Waals surface area contributed by atoms with Crippen LogP contribution in [-0.4, -0.2) is 55.0 Å². The van der Waals surface area contributed by atoms with Crippen molar-refractivity contribution >= 4 is 44.4 Å². The van der Waals surface area contributed by atoms with Crippen molar-refractivity contribution in [2.45, 2.75) is 69.3 Å². The first-order chi connectivity index (χ1) is 21.0. The zero-order valence-corrected chi connectivity index (χ0v) is 25.7. The number of amides is 1. The van der Waals surface area contributed by atoms with Gasteiger partial charge in [0.2, 0.25) is 15.9 Å². The van der Waals surface area contributed by atoms with Crippen molar-refractivity contribution in [2.75, 3.05) is 16.7 Å². The summed E-state index contributed by atoms with van der Waals surface area (Å²) >= 11 is 0. The predicted octanol–water partition coefficient (Wildman–Crippen LogP) is 5.98. The van der Waals surface area contributed by atoms with Crippen LogP contribution in [-0.2, 0) is 24.3 Å². The lowest BCUT2D eigenvalue weighted by Crippen LogP contribution is -2.42. The summed E-state index contributed by atoms with van der Waals surface area (Å²) in [7, 11) is -2.21. The fraction of sp³-hybridized carbons (Fsp3) is 0.353. The molecule has 3 atom stereocenters. The summed E-state index contributed by atoms with van der Waals surface area (Å²) in [4.78, 5) is 23.1. The summed E-state index contributed by atoms with van der Waals surface area (Å²) in [5.41, 5.74) is 5.54. The van der Waals surface area contributed by atoms with Gasteiger partial charge in [-0.3, -0.25) is 13.9 Å². The van der Waals surface area contributed by atoms with Gasteiger partial charge in [-0.2, -0.15) is 0 Å². The highest BCUT2D eigenvalue weighted by Gasteiger charge is 2.53. The number of sulfonamides is 1. The summed E-state index contributed by atoms with van der Waals surface area (Å²) in [6, 6.07) is 21.6. The minimum atomic E-state index is -3.79. The molecule has 0 radical (unpaired) electrons. The zero-order chi connectivity index (χ0) is 31.4. The summed E-state index contributed by atoms with van der Waals surface area (Å²) in [6.45, 7) is 1.92. The van der Waals surface area contributed by atoms with Crippen LogP contribution >= 0.6 is 0 Å². The van der Waals surface area contributed by atoms with Gasteiger partial charge >= 0.3 is 5.97 Å². The molecule has 5 rings (SSSR count). The molecule has 3 N–H and O–H groups in total. The molecule has 9 nitrogen and oxygen atoms in total. The molecule has 2 heterocycles. The average molecular weight is 619 g/mol. The number of fused-ring (bicyclic) bond motifs is 2. The summed E-state index contributed by atoms with van der Waals surface area (Å²) in [6.07, 6.45) is 2.53. The van der Waals surface area contributed by atoms with Gasteiger partial charge in [-0.1, -0.05) is 49.2 Å². The molecular formula is C34H38N2O7S. The number of nitrogens with one attached hydrogen (secondary N) is 1. The lowest BCUT2D eigenvalue weighted by atomic mass is 9.83. The normalized spacial score (nSPS) is 19.3. The predicted molar refractivity (Wildman–Crippen MR) is 171 cm³/mol. The molecule has 2 aliphatic heterocycles. The van der Waals surface area contributed by atoms with Crippen LogP contribution in [0.15, 0.2) is 72.8 Å². The third-order valence-corrected chi connectivity index (χ3v) is 10.5. The number of aliphatic carboxylic acids is 1. The quantitative estimate of drug-likeness (QED) is 0.201. The maximum Gasteiger partial charge on any atom is 0.303 e. The van der Waals surface area contributed by atoms with Crippen LogP contribution in [0, 0.1) is 6.92 Å². The van der Waals surface area contributed by atoms with Gasteiger partial charge in [-0.15, -0.1) is 0 Å². The number of aryl methyl sites for hydroxylation is 1. The van der Waals surface area contributed by atoms with E-state index in [4.69, 9.17) is 9.84 Å². The second-order valence-electron chi connectivity index (χ2n) is 11.5. The van der Waals surface area contributed by atoms with Gasteiger partial charge in [0.15, 0.2) is 0 Å². The van der Waals surface area contributed by atoms with E-state index in [-0.39, 0.29) is 18.1 Å². The van der Waals surface area contributed by atoms with Gasteiger partial charge in [0.05, 0.1) is 11.8 Å². The molecule has 44 heavy (non-hydrogen) atoms. The first kappa shape index (κ1) is 31.3. The van der Waals surface area contributed by atoms with E-state index in [1.54, 1.807) is 37.4 Å². The molecule has 1 saturated heterocycles. The van der Waals surface area contributed by atoms with E-state index in [0.717, 1.165) is 40.7 Å². The number of benzene rings is 3. The zero-order valence-electron chi connectivity index (χ0n) is 24.9. The number of phenolic OH excluding ortho intramolecular Hbond substituents is 1. The van der Waals surface area contributed by atoms with Crippen LogP contribution in [0.3, 0.4) is 0 Å². The number of ether oxygens (including phenoxy) is 1. The van der Waals surface area contributed by atoms with Crippen molar-refractivity contribution in [1.29, 1.82) is 0 Å². The molecule has 3 aromatic carbocycles. The van der Waals surface area contributed by atoms with Gasteiger partial charge in [-0.25, -0.2) is 8.42 Å². The fourth-order valence-electron chi connectivity index (χ4n) is 6.05. The minimum absolute atomic E-state index is 0.117. The lowest BCUT2D eigenvalue weighted by molar-refractivity contribution is -0.137. The molecule has 0 spiro atoms. The van der Waals surface area contributed by atoms with E-state index in [2.05, 4.69) is 5.32 Å². The number of carboxylic acids is 1. The Hall–Kier alpha value is -4.15. The number of nitrogens with zero attached hydrogens (tertiary/aromatic N) is 1. The number of phenols is 1. The van der Waals surface area contributed by atoms with Crippen molar-refractivity contribution in [2.24, 2.45) is 0 Å². The second-order valence-corrected chi connectivity index (χ2v) is 13.7. The van der Waals surface area contributed by atoms with E-state index in [0.29, 0.717) is 37.1 Å². The molecule has 3 aromatic rings. The van der Waals surface area contributed by atoms with Crippen LogP contribution in [0.1, 0.15) is 61.6 Å². The first-order valence-corrected chi connectivity index (χ1v) is 16.4. The Balaban J connectivity index is 1.36. The Morgan fingerprint density at radius 3 is 2.20 bits per heavy atom. The number of rotatable bonds is 13. The maximum absolute atomic E-state index is 14.0. The van der Waals surface area contributed by atoms with Crippen LogP contribution in [0.2, 0.25) is 0 Å². The number of unbranched alkanes of at least 4 members (excludes halogenated alkanes) is 3. The molecule has 2 aliphatic rings. The van der Waals surface area contributed by atoms with Crippen molar-refractivity contribution in [1.82, 2.24) is 0 Å². The van der Waals surface area contributed by atoms with E-state index in [1.807, 2.05) is 49.4 Å². The van der Waals surface area contributed by atoms with Crippen LogP contribution in [0.25, 0.3) is 11.1 Å². The molecular weight excluding hydrogens is 580 g/mol. The highest BCUT2D eigenvalue weighted by Crippen LogP contribution is 2.51. The summed E-state index contributed by atoms with van der Waals surface area (Å²) in [5, 5.41) is 20.7. The van der Waals surface area contributed by atoms with Gasteiger partial charge in [0.1, 0.15) is 17.1 Å². The molecule has 232 valence electrons. The molecule has 1 amide bonds. The highest BCUT2D eigenvalue weighted by atomic mass is 32.2. The van der Waals surface area contributed by atoms with E-state index < -0.39 is 33.5 Å². The van der Waals surface area contributed by atoms with Crippen molar-refractivity contribution in [3.63, 3.8) is 0 Å². The Kier molecular flexibility index (Phi) is 9.41. The lowest BCUT2D eigenvalue weighted by Gasteiger charge is -2.29. The van der Waals surface area contributed by atoms with Crippen molar-refractivity contribution < 1.29 is 33.0 Å². The van der Waals surface area contributed by atoms with E-state index in [9.17, 15) is 23.1 Å². The molecule has 1 fully saturated rings. The monoisotopic (exact) mass is 618 g/mol. The average Bonchev–Trinajstić information content (AvgIpc) is 3.59. The third-order valence-electron chi connectivity index (χ3n) is 8.32. The van der Waals surface area contributed by atoms with Gasteiger partial charge in [0.25, 0.3) is 0 Å². The van der Waals surface area contributed by atoms with Gasteiger partial charge in [-0.05, 0) is 90.4 Å². The standard InChI is InChI=1S/C34H38N2O7S/c1-22-8-7-9-26(20-22)36(2)44(41,42)29-21-28-32(23-14-18-27(37)19-15-23)33(34(29)43-28)24-12-16-25(17-13-24)35-30(38)10-5-3-4-6-11-31(39)40/h7-9,12-20,28-29,34,37H,3-6,10-11,21H2,1-2H3,(H,35,38)(H,39,40). The number of aromatic hydroxyl groups is 1.